The second kappa shape index (κ2) is 6.11. The van der Waals surface area contributed by atoms with Crippen molar-refractivity contribution in [3.8, 4) is 0 Å². The molecule has 1 aromatic rings. The Morgan fingerprint density at radius 3 is 2.79 bits per heavy atom. The van der Waals surface area contributed by atoms with Gasteiger partial charge >= 0.3 is 0 Å². The van der Waals surface area contributed by atoms with Gasteiger partial charge in [-0.05, 0) is 32.1 Å². The summed E-state index contributed by atoms with van der Waals surface area (Å²) in [6.45, 7) is 4.29. The van der Waals surface area contributed by atoms with E-state index in [0.29, 0.717) is 4.83 Å². The van der Waals surface area contributed by atoms with Crippen molar-refractivity contribution in [3.63, 3.8) is 0 Å². The monoisotopic (exact) mass is 295 g/mol. The fourth-order valence-electron chi connectivity index (χ4n) is 1.18. The Morgan fingerprint density at radius 2 is 2.29 bits per heavy atom. The molecule has 1 atom stereocenters. The van der Waals surface area contributed by atoms with Crippen LogP contribution >= 0.6 is 38.9 Å². The molecule has 1 aromatic heterocycles. The molecule has 0 fully saturated rings. The third kappa shape index (κ3) is 4.78. The SMILES string of the molecule is CC(Br)CCN(C)Cc1ccc(Cl)s1. The van der Waals surface area contributed by atoms with E-state index >= 15 is 0 Å². The van der Waals surface area contributed by atoms with Crippen LogP contribution in [0, 0.1) is 0 Å². The van der Waals surface area contributed by atoms with Gasteiger partial charge in [0.25, 0.3) is 0 Å². The van der Waals surface area contributed by atoms with E-state index in [2.05, 4.69) is 40.9 Å². The van der Waals surface area contributed by atoms with Gasteiger partial charge in [0, 0.05) is 16.2 Å². The van der Waals surface area contributed by atoms with Crippen LogP contribution in [0.1, 0.15) is 18.2 Å². The molecule has 0 spiro atoms. The Balaban J connectivity index is 2.30. The van der Waals surface area contributed by atoms with Crippen LogP contribution in [0.15, 0.2) is 12.1 Å². The summed E-state index contributed by atoms with van der Waals surface area (Å²) in [4.78, 5) is 4.25. The summed E-state index contributed by atoms with van der Waals surface area (Å²) in [5, 5.41) is 0. The molecule has 0 aromatic carbocycles. The van der Waals surface area contributed by atoms with E-state index in [9.17, 15) is 0 Å². The summed E-state index contributed by atoms with van der Waals surface area (Å²) in [5.41, 5.74) is 0. The number of thiophene rings is 1. The normalized spacial score (nSPS) is 13.5. The van der Waals surface area contributed by atoms with Crippen molar-refractivity contribution in [1.82, 2.24) is 4.90 Å². The van der Waals surface area contributed by atoms with Gasteiger partial charge in [-0.1, -0.05) is 34.5 Å². The van der Waals surface area contributed by atoms with Crippen LogP contribution in [0.4, 0.5) is 0 Å². The zero-order chi connectivity index (χ0) is 10.6. The number of rotatable bonds is 5. The maximum Gasteiger partial charge on any atom is 0.0931 e. The van der Waals surface area contributed by atoms with Crippen molar-refractivity contribution < 1.29 is 0 Å². The molecule has 0 N–H and O–H groups in total. The minimum atomic E-state index is 0.594. The predicted octanol–water partition coefficient (Wildman–Crippen LogP) is 4.01. The van der Waals surface area contributed by atoms with E-state index in [1.807, 2.05) is 6.07 Å². The van der Waals surface area contributed by atoms with Gasteiger partial charge in [0.2, 0.25) is 0 Å². The van der Waals surface area contributed by atoms with Gasteiger partial charge in [0.15, 0.2) is 0 Å². The lowest BCUT2D eigenvalue weighted by Crippen LogP contribution is -2.20. The first-order valence-corrected chi connectivity index (χ1v) is 6.76. The first-order valence-electron chi connectivity index (χ1n) is 4.64. The molecule has 0 amide bonds. The molecule has 4 heteroatoms. The second-order valence-corrected chi connectivity index (χ2v) is 6.88. The average Bonchev–Trinajstić information content (AvgIpc) is 2.48. The van der Waals surface area contributed by atoms with Crippen LogP contribution in [0.2, 0.25) is 4.34 Å². The van der Waals surface area contributed by atoms with Gasteiger partial charge in [0.1, 0.15) is 0 Å². The number of nitrogens with zero attached hydrogens (tertiary/aromatic N) is 1. The Bertz CT molecular complexity index is 275. The Kier molecular flexibility index (Phi) is 5.45. The maximum atomic E-state index is 5.86. The van der Waals surface area contributed by atoms with E-state index in [-0.39, 0.29) is 0 Å². The van der Waals surface area contributed by atoms with Crippen LogP contribution in [0.3, 0.4) is 0 Å². The van der Waals surface area contributed by atoms with Crippen molar-refractivity contribution in [1.29, 1.82) is 0 Å². The van der Waals surface area contributed by atoms with Gasteiger partial charge in [-0.2, -0.15) is 0 Å². The number of alkyl halides is 1. The van der Waals surface area contributed by atoms with E-state index < -0.39 is 0 Å². The van der Waals surface area contributed by atoms with Crippen LogP contribution < -0.4 is 0 Å². The zero-order valence-corrected chi connectivity index (χ0v) is 11.6. The predicted molar refractivity (Wildman–Crippen MR) is 68.7 cm³/mol. The highest BCUT2D eigenvalue weighted by molar-refractivity contribution is 9.09. The summed E-state index contributed by atoms with van der Waals surface area (Å²) in [6.07, 6.45) is 1.18. The fraction of sp³-hybridized carbons (Fsp3) is 0.600. The minimum absolute atomic E-state index is 0.594. The molecule has 0 aliphatic carbocycles. The van der Waals surface area contributed by atoms with Gasteiger partial charge in [-0.15, -0.1) is 11.3 Å². The van der Waals surface area contributed by atoms with Gasteiger partial charge in [0.05, 0.1) is 4.34 Å². The molecule has 0 saturated heterocycles. The topological polar surface area (TPSA) is 3.24 Å². The maximum absolute atomic E-state index is 5.86. The molecule has 0 saturated carbocycles. The smallest absolute Gasteiger partial charge is 0.0931 e. The highest BCUT2D eigenvalue weighted by Crippen LogP contribution is 2.22. The van der Waals surface area contributed by atoms with Crippen molar-refractivity contribution >= 4 is 38.9 Å². The van der Waals surface area contributed by atoms with Crippen molar-refractivity contribution in [2.45, 2.75) is 24.7 Å². The van der Waals surface area contributed by atoms with Crippen LogP contribution in [0.5, 0.6) is 0 Å². The van der Waals surface area contributed by atoms with Crippen LogP contribution in [-0.2, 0) is 6.54 Å². The van der Waals surface area contributed by atoms with Gasteiger partial charge < -0.3 is 4.90 Å². The van der Waals surface area contributed by atoms with E-state index in [1.165, 1.54) is 11.3 Å². The van der Waals surface area contributed by atoms with Gasteiger partial charge in [-0.3, -0.25) is 0 Å². The summed E-state index contributed by atoms with van der Waals surface area (Å²) in [7, 11) is 2.14. The summed E-state index contributed by atoms with van der Waals surface area (Å²) < 4.78 is 0.877. The third-order valence-corrected chi connectivity index (χ3v) is 3.64. The molecular weight excluding hydrogens is 282 g/mol. The minimum Gasteiger partial charge on any atom is -0.301 e. The molecule has 1 heterocycles. The Hall–Kier alpha value is 0.430. The standard InChI is InChI=1S/C10H15BrClNS/c1-8(11)5-6-13(2)7-9-3-4-10(12)14-9/h3-4,8H,5-7H2,1-2H3. The molecule has 1 unspecified atom stereocenters. The molecule has 80 valence electrons. The van der Waals surface area contributed by atoms with E-state index in [1.54, 1.807) is 11.3 Å². The number of hydrogen-bond acceptors (Lipinski definition) is 2. The van der Waals surface area contributed by atoms with Crippen LogP contribution in [0.25, 0.3) is 0 Å². The zero-order valence-electron chi connectivity index (χ0n) is 8.46. The van der Waals surface area contributed by atoms with Crippen molar-refractivity contribution in [2.24, 2.45) is 0 Å². The molecule has 0 radical (unpaired) electrons. The van der Waals surface area contributed by atoms with Crippen molar-refractivity contribution in [2.75, 3.05) is 13.6 Å². The van der Waals surface area contributed by atoms with E-state index in [0.717, 1.165) is 17.4 Å². The molecule has 0 bridgehead atoms. The Morgan fingerprint density at radius 1 is 1.57 bits per heavy atom. The lowest BCUT2D eigenvalue weighted by atomic mass is 10.3. The quantitative estimate of drug-likeness (QED) is 0.742. The molecule has 1 rings (SSSR count). The number of halogens is 2. The largest absolute Gasteiger partial charge is 0.301 e. The van der Waals surface area contributed by atoms with Gasteiger partial charge in [-0.25, -0.2) is 0 Å². The lowest BCUT2D eigenvalue weighted by molar-refractivity contribution is 0.325. The highest BCUT2D eigenvalue weighted by atomic mass is 79.9. The molecule has 14 heavy (non-hydrogen) atoms. The molecule has 0 aliphatic heterocycles. The highest BCUT2D eigenvalue weighted by Gasteiger charge is 2.04. The van der Waals surface area contributed by atoms with Crippen molar-refractivity contribution in [3.05, 3.63) is 21.3 Å². The number of hydrogen-bond donors (Lipinski definition) is 0. The molecule has 1 nitrogen and oxygen atoms in total. The van der Waals surface area contributed by atoms with E-state index in [4.69, 9.17) is 11.6 Å². The summed E-state index contributed by atoms with van der Waals surface area (Å²) in [6, 6.07) is 4.06. The average molecular weight is 297 g/mol. The Labute approximate surface area is 103 Å². The molecule has 0 aliphatic rings. The second-order valence-electron chi connectivity index (χ2n) is 3.51. The summed E-state index contributed by atoms with van der Waals surface area (Å²) >= 11 is 11.1. The lowest BCUT2D eigenvalue weighted by Gasteiger charge is -2.16. The fourth-order valence-corrected chi connectivity index (χ4v) is 2.55. The van der Waals surface area contributed by atoms with Crippen LogP contribution in [-0.4, -0.2) is 23.3 Å². The summed E-state index contributed by atoms with van der Waals surface area (Å²) in [5.74, 6) is 0. The molecular formula is C10H15BrClNS. The third-order valence-electron chi connectivity index (χ3n) is 1.96. The first kappa shape index (κ1) is 12.5. The first-order chi connectivity index (χ1) is 6.58.